The largest absolute Gasteiger partial charge is 0.423 e. The summed E-state index contributed by atoms with van der Waals surface area (Å²) in [5, 5.41) is 0. The average Bonchev–Trinajstić information content (AvgIpc) is 3.28. The van der Waals surface area contributed by atoms with Gasteiger partial charge in [0.2, 0.25) is 17.8 Å². The summed E-state index contributed by atoms with van der Waals surface area (Å²) in [6.07, 6.45) is 4.26. The molecule has 10 nitrogen and oxygen atoms in total. The molecule has 1 aromatic carbocycles. The number of carbonyl (C=O) groups excluding carboxylic acids is 3. The Labute approximate surface area is 209 Å². The van der Waals surface area contributed by atoms with E-state index in [1.165, 1.54) is 22.8 Å². The van der Waals surface area contributed by atoms with Crippen molar-refractivity contribution in [1.82, 2.24) is 19.8 Å². The van der Waals surface area contributed by atoms with Crippen LogP contribution in [0.5, 0.6) is 0 Å². The predicted molar refractivity (Wildman–Crippen MR) is 132 cm³/mol. The first-order chi connectivity index (χ1) is 17.3. The lowest BCUT2D eigenvalue weighted by Crippen LogP contribution is -2.49. The van der Waals surface area contributed by atoms with Gasteiger partial charge in [0.25, 0.3) is 0 Å². The van der Waals surface area contributed by atoms with Gasteiger partial charge in [-0.2, -0.15) is 0 Å². The van der Waals surface area contributed by atoms with Gasteiger partial charge in [-0.15, -0.1) is 0 Å². The van der Waals surface area contributed by atoms with E-state index in [0.717, 1.165) is 12.8 Å². The molecule has 0 saturated carbocycles. The van der Waals surface area contributed by atoms with Crippen molar-refractivity contribution in [2.24, 2.45) is 0 Å². The Morgan fingerprint density at radius 3 is 2.47 bits per heavy atom. The number of halogens is 1. The Morgan fingerprint density at radius 1 is 1.17 bits per heavy atom. The number of nitrogens with zero attached hydrogens (tertiary/aromatic N) is 6. The summed E-state index contributed by atoms with van der Waals surface area (Å²) in [4.78, 5) is 51.4. The van der Waals surface area contributed by atoms with Crippen LogP contribution < -0.4 is 9.80 Å². The van der Waals surface area contributed by atoms with Gasteiger partial charge in [0, 0.05) is 70.1 Å². The zero-order chi connectivity index (χ0) is 25.8. The van der Waals surface area contributed by atoms with Crippen molar-refractivity contribution >= 4 is 29.5 Å². The van der Waals surface area contributed by atoms with Crippen LogP contribution in [-0.2, 0) is 14.3 Å². The molecule has 4 rings (SSSR count). The minimum Gasteiger partial charge on any atom is -0.423 e. The molecule has 0 unspecified atom stereocenters. The van der Waals surface area contributed by atoms with Gasteiger partial charge < -0.3 is 19.4 Å². The molecule has 0 spiro atoms. The molecule has 2 aliphatic heterocycles. The van der Waals surface area contributed by atoms with E-state index in [4.69, 9.17) is 4.74 Å². The van der Waals surface area contributed by atoms with Crippen molar-refractivity contribution in [2.75, 3.05) is 49.6 Å². The molecule has 2 aliphatic rings. The van der Waals surface area contributed by atoms with Crippen LogP contribution in [-0.4, -0.2) is 83.7 Å². The normalized spacial score (nSPS) is 17.8. The first-order valence-electron chi connectivity index (χ1n) is 12.1. The van der Waals surface area contributed by atoms with E-state index < -0.39 is 18.1 Å². The van der Waals surface area contributed by atoms with Crippen LogP contribution in [0.15, 0.2) is 30.6 Å². The van der Waals surface area contributed by atoms with Gasteiger partial charge in [0.05, 0.1) is 12.2 Å². The monoisotopic (exact) mass is 498 g/mol. The Hall–Kier alpha value is -3.76. The third-order valence-electron chi connectivity index (χ3n) is 6.60. The minimum absolute atomic E-state index is 0.114. The molecule has 1 aromatic heterocycles. The number of hydrogen-bond donors (Lipinski definition) is 0. The lowest BCUT2D eigenvalue weighted by Gasteiger charge is -2.34. The summed E-state index contributed by atoms with van der Waals surface area (Å²) in [6.45, 7) is 6.12. The first-order valence-corrected chi connectivity index (χ1v) is 12.1. The van der Waals surface area contributed by atoms with Crippen LogP contribution in [0.25, 0.3) is 11.1 Å². The van der Waals surface area contributed by atoms with Crippen LogP contribution in [0.2, 0.25) is 0 Å². The highest BCUT2D eigenvalue weighted by Crippen LogP contribution is 2.29. The summed E-state index contributed by atoms with van der Waals surface area (Å²) < 4.78 is 20.3. The van der Waals surface area contributed by atoms with Crippen molar-refractivity contribution in [3.05, 3.63) is 36.4 Å². The number of amides is 3. The van der Waals surface area contributed by atoms with Crippen molar-refractivity contribution in [3.63, 3.8) is 0 Å². The lowest BCUT2D eigenvalue weighted by molar-refractivity contribution is -0.134. The van der Waals surface area contributed by atoms with Gasteiger partial charge in [0.15, 0.2) is 6.23 Å². The predicted octanol–water partition coefficient (Wildman–Crippen LogP) is 2.88. The minimum atomic E-state index is -0.727. The van der Waals surface area contributed by atoms with Gasteiger partial charge >= 0.3 is 6.09 Å². The molecular formula is C25H31FN6O4. The van der Waals surface area contributed by atoms with E-state index in [-0.39, 0.29) is 18.4 Å². The van der Waals surface area contributed by atoms with E-state index in [2.05, 4.69) is 16.9 Å². The zero-order valence-corrected chi connectivity index (χ0v) is 20.8. The summed E-state index contributed by atoms with van der Waals surface area (Å²) in [7, 11) is 1.55. The van der Waals surface area contributed by atoms with Crippen LogP contribution >= 0.6 is 0 Å². The highest BCUT2D eigenvalue weighted by Gasteiger charge is 2.36. The molecule has 36 heavy (non-hydrogen) atoms. The van der Waals surface area contributed by atoms with Gasteiger partial charge in [-0.3, -0.25) is 14.5 Å². The van der Waals surface area contributed by atoms with Gasteiger partial charge in [-0.05, 0) is 24.6 Å². The fourth-order valence-electron chi connectivity index (χ4n) is 4.23. The quantitative estimate of drug-likeness (QED) is 0.579. The van der Waals surface area contributed by atoms with Gasteiger partial charge in [-0.25, -0.2) is 19.2 Å². The molecule has 0 radical (unpaired) electrons. The van der Waals surface area contributed by atoms with E-state index in [1.54, 1.807) is 31.6 Å². The number of benzene rings is 1. The summed E-state index contributed by atoms with van der Waals surface area (Å²) >= 11 is 0. The molecule has 0 aliphatic carbocycles. The number of piperazine rings is 1. The zero-order valence-electron chi connectivity index (χ0n) is 20.8. The number of likely N-dealkylation sites (N-methyl/N-ethyl adjacent to an activating group) is 1. The number of hydrogen-bond acceptors (Lipinski definition) is 7. The number of carbonyl (C=O) groups is 3. The van der Waals surface area contributed by atoms with E-state index >= 15 is 4.39 Å². The smallest absolute Gasteiger partial charge is 0.416 e. The van der Waals surface area contributed by atoms with E-state index in [0.29, 0.717) is 55.4 Å². The van der Waals surface area contributed by atoms with Crippen LogP contribution in [0.1, 0.15) is 33.1 Å². The highest BCUT2D eigenvalue weighted by atomic mass is 19.1. The van der Waals surface area contributed by atoms with E-state index in [9.17, 15) is 14.4 Å². The SMILES string of the molecule is CCCCC(=O)N1CCN(c2ncc(-c3ccc(N4C[C@@H](N(C)C(C)=O)OC4=O)cc3F)cn2)CC1. The third-order valence-corrected chi connectivity index (χ3v) is 6.60. The second-order valence-electron chi connectivity index (χ2n) is 8.99. The average molecular weight is 499 g/mol. The molecule has 2 saturated heterocycles. The topological polar surface area (TPSA) is 99.2 Å². The molecule has 1 atom stereocenters. The summed E-state index contributed by atoms with van der Waals surface area (Å²) in [6, 6.07) is 4.45. The summed E-state index contributed by atoms with van der Waals surface area (Å²) in [5.74, 6) is -0.0339. The number of ether oxygens (including phenoxy) is 1. The number of unbranched alkanes of at least 4 members (excludes halogenated alkanes) is 1. The standard InChI is InChI=1S/C25H31FN6O4/c1-4-5-6-22(34)30-9-11-31(12-10-30)24-27-14-18(15-28-24)20-8-7-19(13-21(20)26)32-16-23(36-25(32)35)29(3)17(2)33/h7-8,13-15,23H,4-6,9-12,16H2,1-3H3/t23-/m0/s1. The maximum absolute atomic E-state index is 15.0. The summed E-state index contributed by atoms with van der Waals surface area (Å²) in [5.41, 5.74) is 1.15. The highest BCUT2D eigenvalue weighted by molar-refractivity contribution is 5.90. The molecule has 11 heteroatoms. The molecule has 3 heterocycles. The van der Waals surface area contributed by atoms with Gasteiger partial charge in [-0.1, -0.05) is 13.3 Å². The Kier molecular flexibility index (Phi) is 7.66. The number of cyclic esters (lactones) is 1. The number of rotatable bonds is 7. The van der Waals surface area contributed by atoms with E-state index in [1.807, 2.05) is 9.80 Å². The molecule has 192 valence electrons. The molecule has 0 bridgehead atoms. The second-order valence-corrected chi connectivity index (χ2v) is 8.99. The third kappa shape index (κ3) is 5.39. The van der Waals surface area contributed by atoms with Crippen LogP contribution in [0.4, 0.5) is 20.8 Å². The Balaban J connectivity index is 1.40. The molecule has 0 N–H and O–H groups in total. The molecule has 2 aromatic rings. The maximum atomic E-state index is 15.0. The van der Waals surface area contributed by atoms with Crippen molar-refractivity contribution < 1.29 is 23.5 Å². The fraction of sp³-hybridized carbons (Fsp3) is 0.480. The fourth-order valence-corrected chi connectivity index (χ4v) is 4.23. The number of aromatic nitrogens is 2. The number of anilines is 2. The molecule has 3 amide bonds. The van der Waals surface area contributed by atoms with Crippen molar-refractivity contribution in [3.8, 4) is 11.1 Å². The van der Waals surface area contributed by atoms with Crippen molar-refractivity contribution in [1.29, 1.82) is 0 Å². The van der Waals surface area contributed by atoms with Crippen molar-refractivity contribution in [2.45, 2.75) is 39.3 Å². The lowest BCUT2D eigenvalue weighted by atomic mass is 10.1. The Morgan fingerprint density at radius 2 is 1.86 bits per heavy atom. The van der Waals surface area contributed by atoms with Crippen LogP contribution in [0, 0.1) is 5.82 Å². The maximum Gasteiger partial charge on any atom is 0.416 e. The van der Waals surface area contributed by atoms with Gasteiger partial charge in [0.1, 0.15) is 5.82 Å². The Bertz CT molecular complexity index is 1120. The molecular weight excluding hydrogens is 467 g/mol. The first kappa shape index (κ1) is 25.3. The second kappa shape index (κ2) is 10.9. The van der Waals surface area contributed by atoms with Crippen LogP contribution in [0.3, 0.4) is 0 Å². The molecule has 2 fully saturated rings.